The molecular formula is C20H21N5O2S. The van der Waals surface area contributed by atoms with Gasteiger partial charge in [-0.3, -0.25) is 0 Å². The molecule has 4 rings (SSSR count). The SMILES string of the molecule is CCc1ccc(-c2noc(CSc3nnc(-c4ccoc4C)n3CC)n2)cc1. The van der Waals surface area contributed by atoms with E-state index in [0.29, 0.717) is 17.5 Å². The van der Waals surface area contributed by atoms with Crippen LogP contribution in [0.15, 0.2) is 50.7 Å². The first-order valence-corrected chi connectivity index (χ1v) is 10.2. The molecule has 28 heavy (non-hydrogen) atoms. The van der Waals surface area contributed by atoms with Crippen molar-refractivity contribution in [3.63, 3.8) is 0 Å². The molecule has 0 aliphatic carbocycles. The number of aromatic nitrogens is 5. The van der Waals surface area contributed by atoms with Crippen LogP contribution in [0.5, 0.6) is 0 Å². The summed E-state index contributed by atoms with van der Waals surface area (Å²) < 4.78 is 12.9. The topological polar surface area (TPSA) is 82.8 Å². The van der Waals surface area contributed by atoms with Crippen LogP contribution in [0.4, 0.5) is 0 Å². The highest BCUT2D eigenvalue weighted by Gasteiger charge is 2.17. The van der Waals surface area contributed by atoms with Crippen LogP contribution in [0, 0.1) is 6.92 Å². The maximum atomic E-state index is 5.41. The van der Waals surface area contributed by atoms with Gasteiger partial charge >= 0.3 is 0 Å². The summed E-state index contributed by atoms with van der Waals surface area (Å²) in [4.78, 5) is 4.51. The number of aryl methyl sites for hydroxylation is 2. The Morgan fingerprint density at radius 2 is 1.89 bits per heavy atom. The summed E-state index contributed by atoms with van der Waals surface area (Å²) in [5.41, 5.74) is 3.19. The Bertz CT molecular complexity index is 1060. The first-order chi connectivity index (χ1) is 13.7. The standard InChI is InChI=1S/C20H21N5O2S/c1-4-14-6-8-15(9-7-14)18-21-17(27-24-18)12-28-20-23-22-19(25(20)5-2)16-10-11-26-13(16)3/h6-11H,4-5,12H2,1-3H3. The molecule has 0 saturated carbocycles. The third-order valence-electron chi connectivity index (χ3n) is 4.55. The van der Waals surface area contributed by atoms with Gasteiger partial charge in [0.25, 0.3) is 0 Å². The largest absolute Gasteiger partial charge is 0.469 e. The molecule has 0 spiro atoms. The quantitative estimate of drug-likeness (QED) is 0.417. The van der Waals surface area contributed by atoms with Gasteiger partial charge in [-0.2, -0.15) is 4.98 Å². The number of furan rings is 1. The molecule has 4 aromatic rings. The lowest BCUT2D eigenvalue weighted by Crippen LogP contribution is -2.00. The van der Waals surface area contributed by atoms with E-state index in [1.807, 2.05) is 25.1 Å². The predicted octanol–water partition coefficient (Wildman–Crippen LogP) is 4.77. The van der Waals surface area contributed by atoms with Crippen molar-refractivity contribution in [3.8, 4) is 22.8 Å². The third kappa shape index (κ3) is 3.60. The molecule has 0 fully saturated rings. The molecule has 3 heterocycles. The fourth-order valence-corrected chi connectivity index (χ4v) is 3.78. The van der Waals surface area contributed by atoms with E-state index in [9.17, 15) is 0 Å². The summed E-state index contributed by atoms with van der Waals surface area (Å²) in [7, 11) is 0. The summed E-state index contributed by atoms with van der Waals surface area (Å²) in [5.74, 6) is 3.33. The molecule has 7 nitrogen and oxygen atoms in total. The Balaban J connectivity index is 1.49. The molecule has 0 aliphatic heterocycles. The predicted molar refractivity (Wildman–Crippen MR) is 107 cm³/mol. The van der Waals surface area contributed by atoms with Gasteiger partial charge in [-0.1, -0.05) is 48.1 Å². The second-order valence-corrected chi connectivity index (χ2v) is 7.23. The monoisotopic (exact) mass is 395 g/mol. The molecule has 0 radical (unpaired) electrons. The Kier molecular flexibility index (Phi) is 5.29. The average molecular weight is 395 g/mol. The third-order valence-corrected chi connectivity index (χ3v) is 5.50. The summed E-state index contributed by atoms with van der Waals surface area (Å²) in [6.07, 6.45) is 2.67. The van der Waals surface area contributed by atoms with E-state index in [-0.39, 0.29) is 0 Å². The van der Waals surface area contributed by atoms with Gasteiger partial charge in [0, 0.05) is 12.1 Å². The van der Waals surface area contributed by atoms with Crippen LogP contribution in [0.3, 0.4) is 0 Å². The first kappa shape index (κ1) is 18.5. The molecule has 0 amide bonds. The van der Waals surface area contributed by atoms with Crippen LogP contribution in [0.1, 0.15) is 31.1 Å². The Labute approximate surface area is 167 Å². The summed E-state index contributed by atoms with van der Waals surface area (Å²) in [5, 5.41) is 13.6. The van der Waals surface area contributed by atoms with Gasteiger partial charge in [-0.05, 0) is 31.9 Å². The highest BCUT2D eigenvalue weighted by molar-refractivity contribution is 7.98. The number of rotatable bonds is 7. The molecule has 8 heteroatoms. The number of hydrogen-bond donors (Lipinski definition) is 0. The zero-order valence-electron chi connectivity index (χ0n) is 16.0. The summed E-state index contributed by atoms with van der Waals surface area (Å²) in [6, 6.07) is 10.1. The van der Waals surface area contributed by atoms with Gasteiger partial charge in [0.05, 0.1) is 17.6 Å². The minimum Gasteiger partial charge on any atom is -0.469 e. The summed E-state index contributed by atoms with van der Waals surface area (Å²) in [6.45, 7) is 6.88. The lowest BCUT2D eigenvalue weighted by atomic mass is 10.1. The van der Waals surface area contributed by atoms with Crippen molar-refractivity contribution in [2.45, 2.75) is 44.6 Å². The Morgan fingerprint density at radius 1 is 1.07 bits per heavy atom. The summed E-state index contributed by atoms with van der Waals surface area (Å²) >= 11 is 1.53. The molecule has 0 unspecified atom stereocenters. The molecule has 1 aromatic carbocycles. The minimum absolute atomic E-state index is 0.530. The smallest absolute Gasteiger partial charge is 0.237 e. The first-order valence-electron chi connectivity index (χ1n) is 9.22. The van der Waals surface area contributed by atoms with Crippen molar-refractivity contribution in [3.05, 3.63) is 53.8 Å². The van der Waals surface area contributed by atoms with Crippen molar-refractivity contribution in [2.24, 2.45) is 0 Å². The second kappa shape index (κ2) is 8.02. The van der Waals surface area contributed by atoms with E-state index in [0.717, 1.165) is 40.8 Å². The van der Waals surface area contributed by atoms with E-state index in [1.54, 1.807) is 6.26 Å². The average Bonchev–Trinajstić information content (AvgIpc) is 3.45. The van der Waals surface area contributed by atoms with Crippen LogP contribution in [-0.4, -0.2) is 24.9 Å². The van der Waals surface area contributed by atoms with Gasteiger partial charge < -0.3 is 13.5 Å². The molecule has 0 N–H and O–H groups in total. The molecule has 3 aromatic heterocycles. The highest BCUT2D eigenvalue weighted by Crippen LogP contribution is 2.28. The molecule has 0 atom stereocenters. The van der Waals surface area contributed by atoms with E-state index < -0.39 is 0 Å². The van der Waals surface area contributed by atoms with Crippen molar-refractivity contribution < 1.29 is 8.94 Å². The number of thioether (sulfide) groups is 1. The molecule has 144 valence electrons. The van der Waals surface area contributed by atoms with E-state index >= 15 is 0 Å². The van der Waals surface area contributed by atoms with Crippen LogP contribution in [0.2, 0.25) is 0 Å². The van der Waals surface area contributed by atoms with Gasteiger partial charge in [0.2, 0.25) is 11.7 Å². The van der Waals surface area contributed by atoms with Gasteiger partial charge in [0.15, 0.2) is 11.0 Å². The lowest BCUT2D eigenvalue weighted by molar-refractivity contribution is 0.391. The van der Waals surface area contributed by atoms with Gasteiger partial charge in [-0.15, -0.1) is 10.2 Å². The van der Waals surface area contributed by atoms with Gasteiger partial charge in [0.1, 0.15) is 5.76 Å². The lowest BCUT2D eigenvalue weighted by Gasteiger charge is -2.05. The number of hydrogen-bond acceptors (Lipinski definition) is 7. The highest BCUT2D eigenvalue weighted by atomic mass is 32.2. The van der Waals surface area contributed by atoms with Crippen molar-refractivity contribution >= 4 is 11.8 Å². The molecule has 0 saturated heterocycles. The fraction of sp³-hybridized carbons (Fsp3) is 0.300. The Hall–Kier alpha value is -2.87. The number of nitrogens with zero attached hydrogens (tertiary/aromatic N) is 5. The fourth-order valence-electron chi connectivity index (χ4n) is 2.94. The van der Waals surface area contributed by atoms with E-state index in [2.05, 4.69) is 50.9 Å². The second-order valence-electron chi connectivity index (χ2n) is 6.29. The minimum atomic E-state index is 0.530. The van der Waals surface area contributed by atoms with Gasteiger partial charge in [-0.25, -0.2) is 0 Å². The van der Waals surface area contributed by atoms with Crippen molar-refractivity contribution in [1.82, 2.24) is 24.9 Å². The van der Waals surface area contributed by atoms with Crippen molar-refractivity contribution in [1.29, 1.82) is 0 Å². The van der Waals surface area contributed by atoms with E-state index in [4.69, 9.17) is 8.94 Å². The maximum absolute atomic E-state index is 5.41. The molecule has 0 aliphatic rings. The van der Waals surface area contributed by atoms with Crippen LogP contribution in [0.25, 0.3) is 22.8 Å². The maximum Gasteiger partial charge on any atom is 0.237 e. The van der Waals surface area contributed by atoms with Crippen molar-refractivity contribution in [2.75, 3.05) is 0 Å². The van der Waals surface area contributed by atoms with E-state index in [1.165, 1.54) is 17.3 Å². The normalized spacial score (nSPS) is 11.2. The molecular weight excluding hydrogens is 374 g/mol. The van der Waals surface area contributed by atoms with Crippen LogP contribution in [-0.2, 0) is 18.7 Å². The van der Waals surface area contributed by atoms with Crippen LogP contribution < -0.4 is 0 Å². The molecule has 0 bridgehead atoms. The van der Waals surface area contributed by atoms with Crippen LogP contribution >= 0.6 is 11.8 Å². The zero-order valence-corrected chi connectivity index (χ0v) is 16.9. The zero-order chi connectivity index (χ0) is 19.5. The number of benzene rings is 1. The Morgan fingerprint density at radius 3 is 2.57 bits per heavy atom.